The molecule has 1 aliphatic heterocycles. The van der Waals surface area contributed by atoms with E-state index in [0.29, 0.717) is 18.8 Å². The fourth-order valence-electron chi connectivity index (χ4n) is 3.79. The van der Waals surface area contributed by atoms with E-state index in [4.69, 9.17) is 10.5 Å². The van der Waals surface area contributed by atoms with E-state index in [1.807, 2.05) is 12.1 Å². The lowest BCUT2D eigenvalue weighted by Gasteiger charge is -2.32. The molecule has 3 atom stereocenters. The summed E-state index contributed by atoms with van der Waals surface area (Å²) in [5.41, 5.74) is 11.6. The lowest BCUT2D eigenvalue weighted by atomic mass is 9.93. The minimum atomic E-state index is -0.449. The maximum absolute atomic E-state index is 10.1. The maximum atomic E-state index is 10.1. The predicted octanol–water partition coefficient (Wildman–Crippen LogP) is 3.63. The Morgan fingerprint density at radius 2 is 1.78 bits per heavy atom. The summed E-state index contributed by atoms with van der Waals surface area (Å²) in [5.74, 6) is 0.650. The van der Waals surface area contributed by atoms with Crippen LogP contribution in [-0.4, -0.2) is 29.0 Å². The molecule has 0 aromatic heterocycles. The third kappa shape index (κ3) is 5.32. The molecule has 0 saturated carbocycles. The van der Waals surface area contributed by atoms with Crippen LogP contribution in [0.1, 0.15) is 55.0 Å². The highest BCUT2D eigenvalue weighted by Crippen LogP contribution is 2.33. The zero-order chi connectivity index (χ0) is 19.4. The van der Waals surface area contributed by atoms with Gasteiger partial charge in [-0.1, -0.05) is 50.2 Å². The summed E-state index contributed by atoms with van der Waals surface area (Å²) in [6.07, 6.45) is 1.91. The van der Waals surface area contributed by atoms with Crippen LogP contribution in [0.15, 0.2) is 42.5 Å². The van der Waals surface area contributed by atoms with E-state index in [-0.39, 0.29) is 18.8 Å². The van der Waals surface area contributed by atoms with Gasteiger partial charge >= 0.3 is 0 Å². The summed E-state index contributed by atoms with van der Waals surface area (Å²) in [6, 6.07) is 14.7. The summed E-state index contributed by atoms with van der Waals surface area (Å²) in [6.45, 7) is 4.38. The smallest absolute Gasteiger partial charge is 0.0854 e. The highest BCUT2D eigenvalue weighted by molar-refractivity contribution is 5.51. The molecular formula is C23H31NO3. The summed E-state index contributed by atoms with van der Waals surface area (Å²) in [5, 5.41) is 19.5. The van der Waals surface area contributed by atoms with Crippen molar-refractivity contribution in [2.45, 2.75) is 57.8 Å². The first-order valence-electron chi connectivity index (χ1n) is 9.85. The molecule has 146 valence electrons. The Hall–Kier alpha value is -1.88. The van der Waals surface area contributed by atoms with Gasteiger partial charge in [-0.05, 0) is 47.1 Å². The predicted molar refractivity (Wildman–Crippen MR) is 109 cm³/mol. The van der Waals surface area contributed by atoms with Crippen molar-refractivity contribution < 1.29 is 14.9 Å². The third-order valence-corrected chi connectivity index (χ3v) is 5.18. The first kappa shape index (κ1) is 19.9. The SMILES string of the molecule is CC(C)Cc1ccc(Cc2cc([C@H]3C[C@@H](O)C[C@@H](CO)O3)ccc2N)cc1. The van der Waals surface area contributed by atoms with Gasteiger partial charge in [-0.25, -0.2) is 0 Å². The molecule has 0 amide bonds. The number of hydrogen-bond acceptors (Lipinski definition) is 4. The zero-order valence-corrected chi connectivity index (χ0v) is 16.3. The number of aliphatic hydroxyl groups is 2. The largest absolute Gasteiger partial charge is 0.398 e. The van der Waals surface area contributed by atoms with Crippen LogP contribution in [0.3, 0.4) is 0 Å². The molecule has 1 fully saturated rings. The van der Waals surface area contributed by atoms with E-state index in [1.165, 1.54) is 11.1 Å². The second-order valence-electron chi connectivity index (χ2n) is 8.10. The maximum Gasteiger partial charge on any atom is 0.0854 e. The molecule has 0 bridgehead atoms. The number of nitrogen functional groups attached to an aromatic ring is 1. The van der Waals surface area contributed by atoms with E-state index in [0.717, 1.165) is 29.7 Å². The molecule has 2 aromatic carbocycles. The minimum Gasteiger partial charge on any atom is -0.398 e. The molecule has 0 aliphatic carbocycles. The van der Waals surface area contributed by atoms with Gasteiger partial charge in [0.2, 0.25) is 0 Å². The van der Waals surface area contributed by atoms with Crippen molar-refractivity contribution >= 4 is 5.69 Å². The number of ether oxygens (including phenoxy) is 1. The molecule has 1 saturated heterocycles. The molecule has 2 aromatic rings. The number of rotatable bonds is 6. The van der Waals surface area contributed by atoms with E-state index in [2.05, 4.69) is 44.2 Å². The zero-order valence-electron chi connectivity index (χ0n) is 16.3. The Bertz CT molecular complexity index is 742. The normalized spacial score (nSPS) is 22.9. The van der Waals surface area contributed by atoms with Crippen LogP contribution < -0.4 is 5.73 Å². The van der Waals surface area contributed by atoms with Gasteiger partial charge in [-0.3, -0.25) is 0 Å². The van der Waals surface area contributed by atoms with Gasteiger partial charge in [-0.15, -0.1) is 0 Å². The molecule has 1 aliphatic rings. The van der Waals surface area contributed by atoms with E-state index < -0.39 is 6.10 Å². The highest BCUT2D eigenvalue weighted by Gasteiger charge is 2.29. The first-order valence-corrected chi connectivity index (χ1v) is 9.85. The molecule has 1 heterocycles. The van der Waals surface area contributed by atoms with Gasteiger partial charge in [0.25, 0.3) is 0 Å². The lowest BCUT2D eigenvalue weighted by Crippen LogP contribution is -2.33. The summed E-state index contributed by atoms with van der Waals surface area (Å²) in [4.78, 5) is 0. The average Bonchev–Trinajstić information content (AvgIpc) is 2.64. The molecule has 27 heavy (non-hydrogen) atoms. The van der Waals surface area contributed by atoms with Gasteiger partial charge < -0.3 is 20.7 Å². The van der Waals surface area contributed by atoms with E-state index in [1.54, 1.807) is 0 Å². The van der Waals surface area contributed by atoms with Crippen molar-refractivity contribution in [2.75, 3.05) is 12.3 Å². The third-order valence-electron chi connectivity index (χ3n) is 5.18. The molecule has 0 spiro atoms. The van der Waals surface area contributed by atoms with Crippen LogP contribution in [0.2, 0.25) is 0 Å². The second-order valence-corrected chi connectivity index (χ2v) is 8.10. The average molecular weight is 370 g/mol. The van der Waals surface area contributed by atoms with Crippen LogP contribution in [0.25, 0.3) is 0 Å². The van der Waals surface area contributed by atoms with Gasteiger partial charge in [0.1, 0.15) is 0 Å². The number of anilines is 1. The van der Waals surface area contributed by atoms with E-state index in [9.17, 15) is 10.2 Å². The molecule has 0 radical (unpaired) electrons. The Morgan fingerprint density at radius 3 is 2.44 bits per heavy atom. The van der Waals surface area contributed by atoms with Crippen molar-refractivity contribution in [1.82, 2.24) is 0 Å². The molecule has 4 nitrogen and oxygen atoms in total. The monoisotopic (exact) mass is 369 g/mol. The Balaban J connectivity index is 1.75. The lowest BCUT2D eigenvalue weighted by molar-refractivity contribution is -0.113. The molecule has 3 rings (SSSR count). The van der Waals surface area contributed by atoms with Gasteiger partial charge in [0.15, 0.2) is 0 Å². The van der Waals surface area contributed by atoms with Gasteiger partial charge in [0.05, 0.1) is 24.9 Å². The molecule has 0 unspecified atom stereocenters. The Kier molecular flexibility index (Phi) is 6.53. The van der Waals surface area contributed by atoms with Crippen LogP contribution in [-0.2, 0) is 17.6 Å². The summed E-state index contributed by atoms with van der Waals surface area (Å²) < 4.78 is 5.94. The number of nitrogens with two attached hydrogens (primary N) is 1. The summed E-state index contributed by atoms with van der Waals surface area (Å²) in [7, 11) is 0. The fourth-order valence-corrected chi connectivity index (χ4v) is 3.79. The standard InChI is InChI=1S/C23H31NO3/c1-15(2)9-16-3-5-17(6-4-16)10-19-11-18(7-8-22(19)24)23-13-20(26)12-21(14-25)27-23/h3-8,11,15,20-21,23,25-26H,9-10,12-14,24H2,1-2H3/t20-,21-,23+/m0/s1. The van der Waals surface area contributed by atoms with Crippen molar-refractivity contribution in [3.63, 3.8) is 0 Å². The summed E-state index contributed by atoms with van der Waals surface area (Å²) >= 11 is 0. The van der Waals surface area contributed by atoms with Crippen molar-refractivity contribution in [1.29, 1.82) is 0 Å². The van der Waals surface area contributed by atoms with Crippen LogP contribution in [0, 0.1) is 5.92 Å². The van der Waals surface area contributed by atoms with Crippen LogP contribution in [0.4, 0.5) is 5.69 Å². The molecule has 4 N–H and O–H groups in total. The Morgan fingerprint density at radius 1 is 1.07 bits per heavy atom. The van der Waals surface area contributed by atoms with Crippen molar-refractivity contribution in [3.05, 3.63) is 64.7 Å². The molecular weight excluding hydrogens is 338 g/mol. The van der Waals surface area contributed by atoms with Crippen molar-refractivity contribution in [2.24, 2.45) is 5.92 Å². The number of hydrogen-bond donors (Lipinski definition) is 3. The quantitative estimate of drug-likeness (QED) is 0.680. The van der Waals surface area contributed by atoms with Gasteiger partial charge in [0, 0.05) is 18.5 Å². The second kappa shape index (κ2) is 8.87. The van der Waals surface area contributed by atoms with Crippen molar-refractivity contribution in [3.8, 4) is 0 Å². The first-order chi connectivity index (χ1) is 12.9. The minimum absolute atomic E-state index is 0.0713. The molecule has 4 heteroatoms. The number of benzene rings is 2. The van der Waals surface area contributed by atoms with E-state index >= 15 is 0 Å². The van der Waals surface area contributed by atoms with Gasteiger partial charge in [-0.2, -0.15) is 0 Å². The van der Waals surface area contributed by atoms with Crippen LogP contribution in [0.5, 0.6) is 0 Å². The van der Waals surface area contributed by atoms with Crippen LogP contribution >= 0.6 is 0 Å². The fraction of sp³-hybridized carbons (Fsp3) is 0.478. The topological polar surface area (TPSA) is 75.7 Å². The number of aliphatic hydroxyl groups excluding tert-OH is 2. The highest BCUT2D eigenvalue weighted by atomic mass is 16.5. The Labute approximate surface area is 162 Å².